The first-order valence-corrected chi connectivity index (χ1v) is 8.68. The number of benzene rings is 1. The van der Waals surface area contributed by atoms with Crippen molar-refractivity contribution in [2.75, 3.05) is 11.9 Å². The van der Waals surface area contributed by atoms with Crippen molar-refractivity contribution < 1.29 is 23.0 Å². The molecule has 1 aromatic carbocycles. The number of aliphatic hydroxyl groups excluding tert-OH is 1. The minimum atomic E-state index is -4.41. The molecule has 0 bridgehead atoms. The fraction of sp³-hybridized carbons (Fsp3) is 0.444. The van der Waals surface area contributed by atoms with Crippen molar-refractivity contribution in [3.05, 3.63) is 46.0 Å². The zero-order valence-electron chi connectivity index (χ0n) is 14.7. The first-order valence-electron chi connectivity index (χ1n) is 8.68. The molecule has 2 aromatic rings. The maximum atomic E-state index is 13.0. The van der Waals surface area contributed by atoms with Crippen LogP contribution in [0.25, 0.3) is 5.69 Å². The molecule has 2 heterocycles. The smallest absolute Gasteiger partial charge is 0.422 e. The fourth-order valence-corrected chi connectivity index (χ4v) is 2.97. The van der Waals surface area contributed by atoms with Crippen LogP contribution in [0.5, 0.6) is 5.75 Å². The molecule has 0 fully saturated rings. The van der Waals surface area contributed by atoms with Crippen LogP contribution in [0.15, 0.2) is 29.1 Å². The van der Waals surface area contributed by atoms with E-state index in [1.165, 1.54) is 28.8 Å². The van der Waals surface area contributed by atoms with Gasteiger partial charge in [0.15, 0.2) is 6.61 Å². The summed E-state index contributed by atoms with van der Waals surface area (Å²) in [5, 5.41) is 12.6. The number of aromatic nitrogens is 2. The summed E-state index contributed by atoms with van der Waals surface area (Å²) in [5.74, 6) is 0.979. The number of halogens is 3. The van der Waals surface area contributed by atoms with E-state index >= 15 is 0 Å². The summed E-state index contributed by atoms with van der Waals surface area (Å²) in [6.45, 7) is 0.577. The van der Waals surface area contributed by atoms with Gasteiger partial charge in [-0.05, 0) is 43.5 Å². The van der Waals surface area contributed by atoms with Crippen molar-refractivity contribution in [1.82, 2.24) is 9.55 Å². The average molecular weight is 383 g/mol. The Balaban J connectivity index is 1.97. The topological polar surface area (TPSA) is 76.4 Å². The highest BCUT2D eigenvalue weighted by Gasteiger charge is 2.28. The molecule has 1 aliphatic rings. The molecule has 146 valence electrons. The lowest BCUT2D eigenvalue weighted by molar-refractivity contribution is -0.153. The van der Waals surface area contributed by atoms with Crippen LogP contribution < -0.4 is 15.6 Å². The maximum Gasteiger partial charge on any atom is 0.422 e. The van der Waals surface area contributed by atoms with Crippen LogP contribution in [0, 0.1) is 0 Å². The number of hydrogen-bond donors (Lipinski definition) is 2. The summed E-state index contributed by atoms with van der Waals surface area (Å²) in [4.78, 5) is 17.5. The summed E-state index contributed by atoms with van der Waals surface area (Å²) >= 11 is 0. The lowest BCUT2D eigenvalue weighted by Gasteiger charge is -2.24. The summed E-state index contributed by atoms with van der Waals surface area (Å²) in [7, 11) is 0. The summed E-state index contributed by atoms with van der Waals surface area (Å²) < 4.78 is 43.0. The monoisotopic (exact) mass is 383 g/mol. The third-order valence-corrected chi connectivity index (χ3v) is 4.19. The van der Waals surface area contributed by atoms with Gasteiger partial charge in [0.2, 0.25) is 0 Å². The Morgan fingerprint density at radius 2 is 2.04 bits per heavy atom. The Bertz CT molecular complexity index is 863. The molecule has 2 N–H and O–H groups in total. The molecule has 27 heavy (non-hydrogen) atoms. The maximum absolute atomic E-state index is 13.0. The van der Waals surface area contributed by atoms with Gasteiger partial charge in [-0.3, -0.25) is 9.36 Å². The summed E-state index contributed by atoms with van der Waals surface area (Å²) in [6, 6.07) is 5.85. The highest BCUT2D eigenvalue weighted by molar-refractivity contribution is 5.49. The molecule has 0 aliphatic carbocycles. The van der Waals surface area contributed by atoms with Gasteiger partial charge in [-0.15, -0.1) is 0 Å². The van der Waals surface area contributed by atoms with Crippen molar-refractivity contribution in [1.29, 1.82) is 0 Å². The second kappa shape index (κ2) is 7.59. The van der Waals surface area contributed by atoms with E-state index in [0.29, 0.717) is 42.2 Å². The third-order valence-electron chi connectivity index (χ3n) is 4.19. The van der Waals surface area contributed by atoms with Crippen LogP contribution in [0.4, 0.5) is 19.0 Å². The lowest BCUT2D eigenvalue weighted by Crippen LogP contribution is -2.35. The van der Waals surface area contributed by atoms with Gasteiger partial charge in [0.05, 0.1) is 11.3 Å². The molecule has 1 aliphatic heterocycles. The van der Waals surface area contributed by atoms with Gasteiger partial charge in [0.25, 0.3) is 5.56 Å². The second-order valence-electron chi connectivity index (χ2n) is 6.34. The first kappa shape index (κ1) is 19.2. The predicted octanol–water partition coefficient (Wildman–Crippen LogP) is 2.80. The van der Waals surface area contributed by atoms with E-state index in [0.717, 1.165) is 6.42 Å². The SMILES string of the molecule is CCCc1nc2c(c(=O)n1-c1ccc(OCC(F)(F)F)cc1)CCC(O)N2. The normalized spacial score (nSPS) is 16.6. The molecule has 0 amide bonds. The molecule has 1 unspecified atom stereocenters. The molecule has 1 aromatic heterocycles. The van der Waals surface area contributed by atoms with E-state index in [1.54, 1.807) is 0 Å². The second-order valence-corrected chi connectivity index (χ2v) is 6.34. The summed E-state index contributed by atoms with van der Waals surface area (Å²) in [5.41, 5.74) is 0.744. The van der Waals surface area contributed by atoms with Gasteiger partial charge in [0, 0.05) is 6.42 Å². The van der Waals surface area contributed by atoms with E-state index in [1.807, 2.05) is 6.92 Å². The van der Waals surface area contributed by atoms with Gasteiger partial charge < -0.3 is 15.2 Å². The van der Waals surface area contributed by atoms with E-state index in [2.05, 4.69) is 10.3 Å². The van der Waals surface area contributed by atoms with Crippen LogP contribution in [0.1, 0.15) is 31.2 Å². The zero-order chi connectivity index (χ0) is 19.6. The van der Waals surface area contributed by atoms with E-state index < -0.39 is 19.0 Å². The van der Waals surface area contributed by atoms with Crippen LogP contribution in [0.2, 0.25) is 0 Å². The van der Waals surface area contributed by atoms with Crippen molar-refractivity contribution in [3.8, 4) is 11.4 Å². The first-order chi connectivity index (χ1) is 12.8. The lowest BCUT2D eigenvalue weighted by atomic mass is 10.1. The highest BCUT2D eigenvalue weighted by atomic mass is 19.4. The Morgan fingerprint density at radius 1 is 1.33 bits per heavy atom. The third kappa shape index (κ3) is 4.41. The Morgan fingerprint density at radius 3 is 2.67 bits per heavy atom. The van der Waals surface area contributed by atoms with Crippen molar-refractivity contribution in [2.24, 2.45) is 0 Å². The van der Waals surface area contributed by atoms with Gasteiger partial charge in [-0.25, -0.2) is 4.98 Å². The number of aliphatic hydroxyl groups is 1. The molecule has 0 saturated carbocycles. The molecule has 0 spiro atoms. The predicted molar refractivity (Wildman–Crippen MR) is 93.3 cm³/mol. The molecular weight excluding hydrogens is 363 g/mol. The molecule has 0 radical (unpaired) electrons. The number of rotatable bonds is 5. The average Bonchev–Trinajstić information content (AvgIpc) is 2.60. The van der Waals surface area contributed by atoms with Gasteiger partial charge in [-0.2, -0.15) is 13.2 Å². The number of ether oxygens (including phenoxy) is 1. The Hall–Kier alpha value is -2.55. The zero-order valence-corrected chi connectivity index (χ0v) is 14.7. The highest BCUT2D eigenvalue weighted by Crippen LogP contribution is 2.23. The van der Waals surface area contributed by atoms with E-state index in [4.69, 9.17) is 4.74 Å². The molecule has 3 rings (SSSR count). The minimum Gasteiger partial charge on any atom is -0.484 e. The Labute approximate surface area is 153 Å². The van der Waals surface area contributed by atoms with Gasteiger partial charge >= 0.3 is 6.18 Å². The van der Waals surface area contributed by atoms with E-state index in [-0.39, 0.29) is 11.3 Å². The fourth-order valence-electron chi connectivity index (χ4n) is 2.97. The standard InChI is InChI=1S/C18H20F3N3O3/c1-2-3-14-22-16-13(8-9-15(25)23-16)17(26)24(14)11-4-6-12(7-5-11)27-10-18(19,20)21/h4-7,15,23,25H,2-3,8-10H2,1H3. The van der Waals surface area contributed by atoms with Crippen molar-refractivity contribution in [3.63, 3.8) is 0 Å². The molecule has 9 heteroatoms. The van der Waals surface area contributed by atoms with Gasteiger partial charge in [-0.1, -0.05) is 6.92 Å². The number of nitrogens with zero attached hydrogens (tertiary/aromatic N) is 2. The number of alkyl halides is 3. The number of hydrogen-bond acceptors (Lipinski definition) is 5. The number of fused-ring (bicyclic) bond motifs is 1. The van der Waals surface area contributed by atoms with Crippen molar-refractivity contribution in [2.45, 2.75) is 45.0 Å². The molecular formula is C18H20F3N3O3. The van der Waals surface area contributed by atoms with Crippen LogP contribution in [-0.2, 0) is 12.8 Å². The number of anilines is 1. The van der Waals surface area contributed by atoms with E-state index in [9.17, 15) is 23.1 Å². The minimum absolute atomic E-state index is 0.0665. The Kier molecular flexibility index (Phi) is 5.41. The quantitative estimate of drug-likeness (QED) is 0.830. The largest absolute Gasteiger partial charge is 0.484 e. The summed E-state index contributed by atoms with van der Waals surface area (Å²) in [6.07, 6.45) is -3.06. The molecule has 6 nitrogen and oxygen atoms in total. The number of nitrogens with one attached hydrogen (secondary N) is 1. The van der Waals surface area contributed by atoms with Crippen LogP contribution >= 0.6 is 0 Å². The molecule has 0 saturated heterocycles. The van der Waals surface area contributed by atoms with Crippen LogP contribution in [-0.4, -0.2) is 33.7 Å². The van der Waals surface area contributed by atoms with Crippen LogP contribution in [0.3, 0.4) is 0 Å². The number of aryl methyl sites for hydroxylation is 1. The molecule has 1 atom stereocenters. The van der Waals surface area contributed by atoms with Gasteiger partial charge in [0.1, 0.15) is 23.6 Å². The van der Waals surface area contributed by atoms with Crippen molar-refractivity contribution >= 4 is 5.82 Å².